The van der Waals surface area contributed by atoms with Crippen LogP contribution in [0.2, 0.25) is 0 Å². The minimum absolute atomic E-state index is 0.0379. The number of piperazine rings is 1. The van der Waals surface area contributed by atoms with Crippen LogP contribution >= 0.6 is 0 Å². The van der Waals surface area contributed by atoms with Crippen LogP contribution in [0.4, 0.5) is 18.9 Å². The number of aldehydes is 1. The molecule has 2 aliphatic rings. The zero-order valence-electron chi connectivity index (χ0n) is 19.4. The predicted octanol–water partition coefficient (Wildman–Crippen LogP) is 5.25. The molecule has 1 saturated heterocycles. The maximum absolute atomic E-state index is 13.1. The van der Waals surface area contributed by atoms with E-state index < -0.39 is 11.7 Å². The first-order valence-electron chi connectivity index (χ1n) is 11.8. The number of amidine groups is 1. The van der Waals surface area contributed by atoms with Gasteiger partial charge in [0, 0.05) is 38.6 Å². The van der Waals surface area contributed by atoms with E-state index in [0.29, 0.717) is 23.4 Å². The molecule has 1 fully saturated rings. The molecule has 5 nitrogen and oxygen atoms in total. The molecule has 34 heavy (non-hydrogen) atoms. The average Bonchev–Trinajstić information content (AvgIpc) is 3.24. The zero-order chi connectivity index (χ0) is 24.1. The number of fused-ring (bicyclic) bond motifs is 1. The number of rotatable bonds is 8. The minimum Gasteiger partial charge on any atom is -0.486 e. The highest BCUT2D eigenvalue weighted by Gasteiger charge is 2.34. The molecule has 0 bridgehead atoms. The molecule has 0 radical (unpaired) electrons. The van der Waals surface area contributed by atoms with E-state index in [0.717, 1.165) is 69.2 Å². The Morgan fingerprint density at radius 2 is 2.03 bits per heavy atom. The summed E-state index contributed by atoms with van der Waals surface area (Å²) in [7, 11) is 0. The lowest BCUT2D eigenvalue weighted by molar-refractivity contribution is -0.137. The van der Waals surface area contributed by atoms with Crippen molar-refractivity contribution in [2.75, 3.05) is 26.2 Å². The Morgan fingerprint density at radius 1 is 1.18 bits per heavy atom. The van der Waals surface area contributed by atoms with Crippen molar-refractivity contribution in [2.45, 2.75) is 51.4 Å². The molecular formula is C26H30F3N3O2. The van der Waals surface area contributed by atoms with E-state index in [-0.39, 0.29) is 12.6 Å². The molecule has 0 aliphatic carbocycles. The third kappa shape index (κ3) is 5.78. The van der Waals surface area contributed by atoms with E-state index in [2.05, 4.69) is 22.8 Å². The Bertz CT molecular complexity index is 1040. The fraction of sp³-hybridized carbons (Fsp3) is 0.462. The van der Waals surface area contributed by atoms with Crippen LogP contribution in [0.15, 0.2) is 47.5 Å². The van der Waals surface area contributed by atoms with Crippen molar-refractivity contribution in [1.29, 1.82) is 0 Å². The van der Waals surface area contributed by atoms with Crippen LogP contribution in [-0.2, 0) is 23.9 Å². The van der Waals surface area contributed by atoms with Crippen LogP contribution in [0.25, 0.3) is 0 Å². The van der Waals surface area contributed by atoms with Crippen molar-refractivity contribution in [3.8, 4) is 5.75 Å². The van der Waals surface area contributed by atoms with Crippen molar-refractivity contribution in [2.24, 2.45) is 4.99 Å². The monoisotopic (exact) mass is 473 g/mol. The molecule has 0 N–H and O–H groups in total. The van der Waals surface area contributed by atoms with E-state index in [1.165, 1.54) is 12.1 Å². The van der Waals surface area contributed by atoms with Gasteiger partial charge in [-0.05, 0) is 47.9 Å². The van der Waals surface area contributed by atoms with Gasteiger partial charge in [0.25, 0.3) is 0 Å². The number of halogens is 3. The molecule has 0 amide bonds. The fourth-order valence-corrected chi connectivity index (χ4v) is 4.74. The highest BCUT2D eigenvalue weighted by Crippen LogP contribution is 2.36. The summed E-state index contributed by atoms with van der Waals surface area (Å²) in [6.07, 6.45) is 0.0159. The second-order valence-corrected chi connectivity index (χ2v) is 8.90. The highest BCUT2D eigenvalue weighted by atomic mass is 19.4. The van der Waals surface area contributed by atoms with E-state index in [1.807, 2.05) is 18.2 Å². The summed E-state index contributed by atoms with van der Waals surface area (Å²) in [6.45, 7) is 5.46. The van der Waals surface area contributed by atoms with Gasteiger partial charge in [0.15, 0.2) is 6.29 Å². The van der Waals surface area contributed by atoms with Crippen molar-refractivity contribution >= 4 is 17.8 Å². The molecule has 1 atom stereocenters. The Labute approximate surface area is 198 Å². The van der Waals surface area contributed by atoms with Gasteiger partial charge in [0.05, 0.1) is 11.3 Å². The molecular weight excluding hydrogens is 443 g/mol. The van der Waals surface area contributed by atoms with Gasteiger partial charge in [-0.1, -0.05) is 31.9 Å². The predicted molar refractivity (Wildman–Crippen MR) is 126 cm³/mol. The number of hydrogen-bond donors (Lipinski definition) is 0. The van der Waals surface area contributed by atoms with Crippen LogP contribution in [0.3, 0.4) is 0 Å². The van der Waals surface area contributed by atoms with Crippen LogP contribution < -0.4 is 4.74 Å². The van der Waals surface area contributed by atoms with E-state index in [9.17, 15) is 18.0 Å². The molecule has 2 aliphatic heterocycles. The van der Waals surface area contributed by atoms with Crippen molar-refractivity contribution in [3.63, 3.8) is 0 Å². The van der Waals surface area contributed by atoms with Gasteiger partial charge in [-0.15, -0.1) is 0 Å². The lowest BCUT2D eigenvalue weighted by atomic mass is 10.0. The summed E-state index contributed by atoms with van der Waals surface area (Å²) >= 11 is 0. The lowest BCUT2D eigenvalue weighted by Crippen LogP contribution is -2.54. The van der Waals surface area contributed by atoms with E-state index in [4.69, 9.17) is 9.73 Å². The Kier molecular flexibility index (Phi) is 7.56. The summed E-state index contributed by atoms with van der Waals surface area (Å²) in [4.78, 5) is 20.0. The SMILES string of the molecule is CCCC[C@H]1CN(Cc2cccc(OCC=O)c2)CCN1C1=Nc2ccc(C(F)(F)F)cc2C1. The van der Waals surface area contributed by atoms with Crippen molar-refractivity contribution < 1.29 is 22.7 Å². The molecule has 0 spiro atoms. The normalized spacial score (nSPS) is 18.5. The fourth-order valence-electron chi connectivity index (χ4n) is 4.74. The third-order valence-electron chi connectivity index (χ3n) is 6.42. The van der Waals surface area contributed by atoms with Gasteiger partial charge in [-0.3, -0.25) is 9.69 Å². The van der Waals surface area contributed by atoms with Crippen LogP contribution in [0, 0.1) is 0 Å². The van der Waals surface area contributed by atoms with Gasteiger partial charge < -0.3 is 9.64 Å². The molecule has 2 heterocycles. The number of ether oxygens (including phenoxy) is 1. The van der Waals surface area contributed by atoms with E-state index in [1.54, 1.807) is 0 Å². The number of carbonyl (C=O) groups excluding carboxylic acids is 1. The van der Waals surface area contributed by atoms with Gasteiger partial charge in [-0.25, -0.2) is 4.99 Å². The summed E-state index contributed by atoms with van der Waals surface area (Å²) in [6, 6.07) is 11.9. The maximum Gasteiger partial charge on any atom is 0.416 e. The first-order valence-corrected chi connectivity index (χ1v) is 11.8. The standard InChI is InChI=1S/C26H30F3N3O2/c1-2-3-6-22-18-31(17-19-5-4-7-23(14-19)34-13-12-33)10-11-32(22)25-16-20-15-21(26(27,28)29)8-9-24(20)30-25/h4-5,7-9,12,14-15,22H,2-3,6,10-11,13,16-18H2,1H3/t22-/m0/s1. The second kappa shape index (κ2) is 10.6. The summed E-state index contributed by atoms with van der Waals surface area (Å²) < 4.78 is 44.8. The van der Waals surface area contributed by atoms with Gasteiger partial charge in [-0.2, -0.15) is 13.2 Å². The number of alkyl halides is 3. The number of nitrogens with zero attached hydrogens (tertiary/aromatic N) is 3. The molecule has 182 valence electrons. The van der Waals surface area contributed by atoms with Crippen LogP contribution in [-0.4, -0.2) is 54.2 Å². The summed E-state index contributed by atoms with van der Waals surface area (Å²) in [5, 5.41) is 0. The van der Waals surface area contributed by atoms with Gasteiger partial charge >= 0.3 is 6.18 Å². The van der Waals surface area contributed by atoms with Crippen LogP contribution in [0.5, 0.6) is 5.75 Å². The smallest absolute Gasteiger partial charge is 0.416 e. The molecule has 0 saturated carbocycles. The third-order valence-corrected chi connectivity index (χ3v) is 6.42. The Hall–Kier alpha value is -2.87. The zero-order valence-corrected chi connectivity index (χ0v) is 19.4. The molecule has 2 aromatic rings. The number of hydrogen-bond acceptors (Lipinski definition) is 5. The average molecular weight is 474 g/mol. The number of carbonyl (C=O) groups is 1. The highest BCUT2D eigenvalue weighted by molar-refractivity contribution is 5.92. The van der Waals surface area contributed by atoms with Crippen molar-refractivity contribution in [3.05, 3.63) is 59.2 Å². The molecule has 0 unspecified atom stereocenters. The first kappa shape index (κ1) is 24.3. The maximum atomic E-state index is 13.1. The minimum atomic E-state index is -4.34. The molecule has 0 aromatic heterocycles. The molecule has 4 rings (SSSR count). The summed E-state index contributed by atoms with van der Waals surface area (Å²) in [5.74, 6) is 1.56. The molecule has 2 aromatic carbocycles. The molecule has 8 heteroatoms. The Balaban J connectivity index is 1.44. The largest absolute Gasteiger partial charge is 0.486 e. The second-order valence-electron chi connectivity index (χ2n) is 8.90. The Morgan fingerprint density at radius 3 is 2.79 bits per heavy atom. The number of benzene rings is 2. The number of aliphatic imine (C=N–C) groups is 1. The summed E-state index contributed by atoms with van der Waals surface area (Å²) in [5.41, 5.74) is 1.80. The number of unbranched alkanes of at least 4 members (excludes halogenated alkanes) is 1. The first-order chi connectivity index (χ1) is 16.4. The van der Waals surface area contributed by atoms with Gasteiger partial charge in [0.2, 0.25) is 0 Å². The topological polar surface area (TPSA) is 45.1 Å². The quantitative estimate of drug-likeness (QED) is 0.492. The van der Waals surface area contributed by atoms with Crippen molar-refractivity contribution in [1.82, 2.24) is 9.80 Å². The lowest BCUT2D eigenvalue weighted by Gasteiger charge is -2.43. The van der Waals surface area contributed by atoms with E-state index >= 15 is 0 Å². The van der Waals surface area contributed by atoms with Crippen LogP contribution in [0.1, 0.15) is 42.9 Å². The van der Waals surface area contributed by atoms with Gasteiger partial charge in [0.1, 0.15) is 18.2 Å².